The summed E-state index contributed by atoms with van der Waals surface area (Å²) in [5.74, 6) is -2.26. The normalized spacial score (nSPS) is 13.1. The number of rotatable bonds is 6. The number of alkyl halides is 3. The summed E-state index contributed by atoms with van der Waals surface area (Å²) in [5.41, 5.74) is 1.72. The highest BCUT2D eigenvalue weighted by molar-refractivity contribution is 5.82. The van der Waals surface area contributed by atoms with E-state index in [0.29, 0.717) is 27.9 Å². The standard InChI is InChI=1S/C24H19F4N3O3.CH4/c1-14(30-23(33)24(26,27)28)22(15-3-2-4-19(32)11-15)34-20-9-10-21-16(12-20)13-29-31(21)18-7-5-17(25)6-8-18;/h2-14,22,32H,1H3,(H,30,33);1H4/t14-,22-;/m0./s1. The maximum Gasteiger partial charge on any atom is 0.471 e. The number of nitrogens with zero attached hydrogens (tertiary/aromatic N) is 2. The van der Waals surface area contributed by atoms with Gasteiger partial charge in [0, 0.05) is 5.39 Å². The fourth-order valence-corrected chi connectivity index (χ4v) is 3.54. The molecule has 3 aromatic carbocycles. The lowest BCUT2D eigenvalue weighted by Crippen LogP contribution is -2.45. The molecule has 0 spiro atoms. The van der Waals surface area contributed by atoms with Crippen molar-refractivity contribution in [2.45, 2.75) is 32.7 Å². The van der Waals surface area contributed by atoms with Crippen LogP contribution in [0.1, 0.15) is 26.0 Å². The Morgan fingerprint density at radius 3 is 2.46 bits per heavy atom. The van der Waals surface area contributed by atoms with E-state index in [2.05, 4.69) is 5.10 Å². The van der Waals surface area contributed by atoms with Crippen LogP contribution >= 0.6 is 0 Å². The largest absolute Gasteiger partial charge is 0.508 e. The van der Waals surface area contributed by atoms with Gasteiger partial charge in [0.05, 0.1) is 23.4 Å². The second-order valence-corrected chi connectivity index (χ2v) is 7.65. The minimum atomic E-state index is -5.05. The topological polar surface area (TPSA) is 76.4 Å². The zero-order valence-corrected chi connectivity index (χ0v) is 17.8. The average Bonchev–Trinajstić information content (AvgIpc) is 3.20. The minimum absolute atomic E-state index is 0. The number of benzene rings is 3. The lowest BCUT2D eigenvalue weighted by atomic mass is 10.0. The fraction of sp³-hybridized carbons (Fsp3) is 0.200. The predicted molar refractivity (Wildman–Crippen MR) is 123 cm³/mol. The molecule has 0 radical (unpaired) electrons. The number of hydrogen-bond donors (Lipinski definition) is 2. The third-order valence-corrected chi connectivity index (χ3v) is 5.14. The number of carbonyl (C=O) groups excluding carboxylic acids is 1. The Bertz CT molecular complexity index is 1320. The Morgan fingerprint density at radius 1 is 1.09 bits per heavy atom. The maximum absolute atomic E-state index is 13.2. The van der Waals surface area contributed by atoms with Gasteiger partial charge in [0.2, 0.25) is 0 Å². The van der Waals surface area contributed by atoms with Crippen molar-refractivity contribution in [3.63, 3.8) is 0 Å². The van der Waals surface area contributed by atoms with Gasteiger partial charge in [0.25, 0.3) is 0 Å². The van der Waals surface area contributed by atoms with Crippen LogP contribution in [0.2, 0.25) is 0 Å². The van der Waals surface area contributed by atoms with Crippen LogP contribution in [0.4, 0.5) is 17.6 Å². The van der Waals surface area contributed by atoms with E-state index in [4.69, 9.17) is 4.74 Å². The lowest BCUT2D eigenvalue weighted by molar-refractivity contribution is -0.174. The van der Waals surface area contributed by atoms with Gasteiger partial charge in [-0.25, -0.2) is 9.07 Å². The highest BCUT2D eigenvalue weighted by atomic mass is 19.4. The highest BCUT2D eigenvalue weighted by Gasteiger charge is 2.40. The molecule has 0 bridgehead atoms. The molecule has 0 aliphatic carbocycles. The van der Waals surface area contributed by atoms with Crippen LogP contribution in [0, 0.1) is 5.82 Å². The third-order valence-electron chi connectivity index (χ3n) is 5.14. The van der Waals surface area contributed by atoms with Crippen LogP contribution < -0.4 is 10.1 Å². The number of phenolic OH excluding ortho intramolecular Hbond substituents is 1. The number of hydrogen-bond acceptors (Lipinski definition) is 4. The summed E-state index contributed by atoms with van der Waals surface area (Å²) in [6.45, 7) is 1.38. The molecule has 0 saturated heterocycles. The van der Waals surface area contributed by atoms with E-state index < -0.39 is 24.2 Å². The van der Waals surface area contributed by atoms with Crippen molar-refractivity contribution in [1.29, 1.82) is 0 Å². The first-order chi connectivity index (χ1) is 16.1. The van der Waals surface area contributed by atoms with Crippen LogP contribution in [0.25, 0.3) is 16.6 Å². The predicted octanol–water partition coefficient (Wildman–Crippen LogP) is 5.69. The number of aromatic nitrogens is 2. The lowest BCUT2D eigenvalue weighted by Gasteiger charge is -2.27. The van der Waals surface area contributed by atoms with Crippen LogP contribution in [0.3, 0.4) is 0 Å². The second-order valence-electron chi connectivity index (χ2n) is 7.65. The molecule has 0 fully saturated rings. The molecule has 1 heterocycles. The first-order valence-electron chi connectivity index (χ1n) is 10.2. The smallest absolute Gasteiger partial charge is 0.471 e. The molecule has 184 valence electrons. The molecule has 2 atom stereocenters. The maximum atomic E-state index is 13.2. The van der Waals surface area contributed by atoms with E-state index in [1.165, 1.54) is 37.3 Å². The van der Waals surface area contributed by atoms with E-state index in [0.717, 1.165) is 0 Å². The molecule has 35 heavy (non-hydrogen) atoms. The molecule has 1 amide bonds. The van der Waals surface area contributed by atoms with Crippen molar-refractivity contribution >= 4 is 16.8 Å². The van der Waals surface area contributed by atoms with Crippen molar-refractivity contribution < 1.29 is 32.2 Å². The van der Waals surface area contributed by atoms with Gasteiger partial charge in [-0.2, -0.15) is 18.3 Å². The van der Waals surface area contributed by atoms with Crippen molar-refractivity contribution in [3.05, 3.63) is 84.3 Å². The molecule has 1 aromatic heterocycles. The number of ether oxygens (including phenoxy) is 1. The molecule has 0 saturated carbocycles. The molecular formula is C25H23F4N3O3. The van der Waals surface area contributed by atoms with E-state index in [1.54, 1.807) is 47.3 Å². The monoisotopic (exact) mass is 489 g/mol. The van der Waals surface area contributed by atoms with Crippen molar-refractivity contribution in [3.8, 4) is 17.2 Å². The summed E-state index contributed by atoms with van der Waals surface area (Å²) in [7, 11) is 0. The first kappa shape index (κ1) is 25.5. The summed E-state index contributed by atoms with van der Waals surface area (Å²) in [4.78, 5) is 11.5. The molecule has 0 aliphatic heterocycles. The zero-order chi connectivity index (χ0) is 24.5. The van der Waals surface area contributed by atoms with Crippen LogP contribution in [-0.4, -0.2) is 33.0 Å². The van der Waals surface area contributed by atoms with E-state index in [-0.39, 0.29) is 19.0 Å². The Labute approximate surface area is 198 Å². The van der Waals surface area contributed by atoms with Gasteiger partial charge < -0.3 is 15.2 Å². The van der Waals surface area contributed by atoms with Crippen LogP contribution in [-0.2, 0) is 4.79 Å². The van der Waals surface area contributed by atoms with Gasteiger partial charge in [-0.05, 0) is 67.1 Å². The number of carbonyl (C=O) groups is 1. The molecule has 2 N–H and O–H groups in total. The number of fused-ring (bicyclic) bond motifs is 1. The molecular weight excluding hydrogens is 466 g/mol. The SMILES string of the molecule is C.C[C@H](NC(=O)C(F)(F)F)[C@H](Oc1ccc2c(cnn2-c2ccc(F)cc2)c1)c1cccc(O)c1. The summed E-state index contributed by atoms with van der Waals surface area (Å²) >= 11 is 0. The quantitative estimate of drug-likeness (QED) is 0.341. The number of halogens is 4. The Hall–Kier alpha value is -4.08. The zero-order valence-electron chi connectivity index (χ0n) is 17.8. The Kier molecular flexibility index (Phi) is 7.33. The van der Waals surface area contributed by atoms with Crippen LogP contribution in [0.15, 0.2) is 72.9 Å². The van der Waals surface area contributed by atoms with E-state index >= 15 is 0 Å². The van der Waals surface area contributed by atoms with Gasteiger partial charge in [0.1, 0.15) is 23.4 Å². The van der Waals surface area contributed by atoms with E-state index in [1.807, 2.05) is 5.32 Å². The fourth-order valence-electron chi connectivity index (χ4n) is 3.54. The van der Waals surface area contributed by atoms with Crippen molar-refractivity contribution in [2.75, 3.05) is 0 Å². The average molecular weight is 489 g/mol. The van der Waals surface area contributed by atoms with Crippen molar-refractivity contribution in [2.24, 2.45) is 0 Å². The van der Waals surface area contributed by atoms with Crippen LogP contribution in [0.5, 0.6) is 11.5 Å². The third kappa shape index (κ3) is 5.71. The Balaban J connectivity index is 0.00000342. The number of aromatic hydroxyl groups is 1. The summed E-state index contributed by atoms with van der Waals surface area (Å²) in [6.07, 6.45) is -4.52. The molecule has 4 rings (SSSR count). The van der Waals surface area contributed by atoms with Gasteiger partial charge in [-0.3, -0.25) is 4.79 Å². The minimum Gasteiger partial charge on any atom is -0.508 e. The van der Waals surface area contributed by atoms with Gasteiger partial charge >= 0.3 is 12.1 Å². The summed E-state index contributed by atoms with van der Waals surface area (Å²) in [6, 6.07) is 15.5. The van der Waals surface area contributed by atoms with Gasteiger partial charge in [-0.1, -0.05) is 19.6 Å². The molecule has 0 unspecified atom stereocenters. The highest BCUT2D eigenvalue weighted by Crippen LogP contribution is 2.30. The summed E-state index contributed by atoms with van der Waals surface area (Å²) < 4.78 is 59.2. The number of nitrogens with one attached hydrogen (secondary N) is 1. The molecule has 10 heteroatoms. The van der Waals surface area contributed by atoms with Gasteiger partial charge in [0.15, 0.2) is 0 Å². The molecule has 4 aromatic rings. The number of amides is 1. The first-order valence-corrected chi connectivity index (χ1v) is 10.2. The van der Waals surface area contributed by atoms with E-state index in [9.17, 15) is 27.5 Å². The Morgan fingerprint density at radius 2 is 1.80 bits per heavy atom. The number of phenols is 1. The molecule has 6 nitrogen and oxygen atoms in total. The van der Waals surface area contributed by atoms with Crippen molar-refractivity contribution in [1.82, 2.24) is 15.1 Å². The second kappa shape index (κ2) is 10.0. The van der Waals surface area contributed by atoms with Gasteiger partial charge in [-0.15, -0.1) is 0 Å². The summed E-state index contributed by atoms with van der Waals surface area (Å²) in [5, 5.41) is 16.7. The molecule has 0 aliphatic rings.